The van der Waals surface area contributed by atoms with E-state index in [2.05, 4.69) is 131 Å². The fourth-order valence-electron chi connectivity index (χ4n) is 4.32. The van der Waals surface area contributed by atoms with Crippen LogP contribution in [0.1, 0.15) is 11.3 Å². The number of halogens is 1. The van der Waals surface area contributed by atoms with Gasteiger partial charge < -0.3 is 5.48 Å². The molecule has 0 amide bonds. The summed E-state index contributed by atoms with van der Waals surface area (Å²) >= 11 is 4.33. The van der Waals surface area contributed by atoms with Gasteiger partial charge in [-0.25, -0.2) is 4.98 Å². The number of benzene rings is 2. The van der Waals surface area contributed by atoms with E-state index in [1.54, 1.807) is 0 Å². The lowest BCUT2D eigenvalue weighted by molar-refractivity contribution is 0.824. The molecule has 2 aromatic carbocycles. The first-order valence-corrected chi connectivity index (χ1v) is 15.2. The Hall–Kier alpha value is -3.17. The van der Waals surface area contributed by atoms with E-state index in [4.69, 9.17) is 4.98 Å². The summed E-state index contributed by atoms with van der Waals surface area (Å²) in [5, 5.41) is 2.64. The highest BCUT2D eigenvalue weighted by molar-refractivity contribution is 9.44. The topological polar surface area (TPSA) is 57.3 Å². The summed E-state index contributed by atoms with van der Waals surface area (Å²) in [5.41, 5.74) is 5.30. The molecule has 0 spiro atoms. The van der Waals surface area contributed by atoms with Crippen LogP contribution in [-0.2, 0) is 0 Å². The normalized spacial score (nSPS) is 16.2. The number of aromatic nitrogens is 2. The summed E-state index contributed by atoms with van der Waals surface area (Å²) in [6.45, 7) is 2.08. The largest absolute Gasteiger partial charge is 0.412 e. The van der Waals surface area contributed by atoms with Gasteiger partial charge in [-0.05, 0) is 72.7 Å². The molecule has 0 radical (unpaired) electrons. The van der Waals surface area contributed by atoms with Crippen LogP contribution in [-0.4, -0.2) is 21.1 Å². The summed E-state index contributed by atoms with van der Waals surface area (Å²) in [4.78, 5) is 9.52. The summed E-state index contributed by atoms with van der Waals surface area (Å²) in [6, 6.07) is 31.8. The van der Waals surface area contributed by atoms with Crippen molar-refractivity contribution in [2.45, 2.75) is 12.6 Å². The molecule has 5 rings (SSSR count). The SMILES string of the molecule is Cc1ccc(C=C2C=CC=CC2[P+](Br)(c2ccccc2)c2ccccc2)nc1-c1ccccn1.O. The van der Waals surface area contributed by atoms with Gasteiger partial charge in [0.1, 0.15) is 16.3 Å². The average Bonchev–Trinajstić information content (AvgIpc) is 2.91. The fraction of sp³-hybridized carbons (Fsp3) is 0.0667. The molecule has 2 aromatic heterocycles. The smallest absolute Gasteiger partial charge is 0.160 e. The maximum Gasteiger partial charge on any atom is 0.160 e. The molecule has 0 aliphatic heterocycles. The molecule has 35 heavy (non-hydrogen) atoms. The zero-order valence-corrected chi connectivity index (χ0v) is 21.9. The molecule has 1 unspecified atom stereocenters. The first-order valence-electron chi connectivity index (χ1n) is 11.3. The van der Waals surface area contributed by atoms with E-state index in [0.717, 1.165) is 22.6 Å². The minimum atomic E-state index is -1.96. The standard InChI is InChI=1S/C30H25BrN2P.H2O/c1-23-19-20-25(33-30(23)28-17-10-11-21-32-28)22-24-12-8-9-18-29(24)34(31,26-13-4-2-5-14-26)27-15-6-3-7-16-27;/h2-22,29H,1H3;1H2/q+1;. The maximum atomic E-state index is 5.00. The summed E-state index contributed by atoms with van der Waals surface area (Å²) in [6.07, 6.45) is 12.8. The number of nitrogens with zero attached hydrogens (tertiary/aromatic N) is 2. The second-order valence-electron chi connectivity index (χ2n) is 8.26. The molecule has 0 fully saturated rings. The molecule has 0 saturated carbocycles. The summed E-state index contributed by atoms with van der Waals surface area (Å²) in [5.74, 6) is -1.96. The van der Waals surface area contributed by atoms with Crippen molar-refractivity contribution in [3.8, 4) is 11.4 Å². The molecule has 1 aliphatic carbocycles. The molecule has 0 saturated heterocycles. The molecule has 3 nitrogen and oxygen atoms in total. The van der Waals surface area contributed by atoms with Crippen molar-refractivity contribution in [1.29, 1.82) is 0 Å². The van der Waals surface area contributed by atoms with Crippen molar-refractivity contribution < 1.29 is 5.48 Å². The minimum Gasteiger partial charge on any atom is -0.412 e. The number of hydrogen-bond acceptors (Lipinski definition) is 2. The van der Waals surface area contributed by atoms with E-state index in [0.29, 0.717) is 0 Å². The Kier molecular flexibility index (Phi) is 7.87. The van der Waals surface area contributed by atoms with Gasteiger partial charge in [0.15, 0.2) is 21.5 Å². The van der Waals surface area contributed by atoms with Gasteiger partial charge in [0.05, 0.1) is 17.1 Å². The minimum absolute atomic E-state index is 0. The highest BCUT2D eigenvalue weighted by Gasteiger charge is 2.49. The van der Waals surface area contributed by atoms with Crippen molar-refractivity contribution in [1.82, 2.24) is 9.97 Å². The first-order chi connectivity index (χ1) is 16.7. The highest BCUT2D eigenvalue weighted by Crippen LogP contribution is 2.70. The van der Waals surface area contributed by atoms with Gasteiger partial charge >= 0.3 is 0 Å². The molecule has 1 aliphatic rings. The van der Waals surface area contributed by atoms with Crippen molar-refractivity contribution in [3.63, 3.8) is 0 Å². The van der Waals surface area contributed by atoms with E-state index in [-0.39, 0.29) is 11.1 Å². The van der Waals surface area contributed by atoms with Crippen LogP contribution in [0.25, 0.3) is 17.5 Å². The second kappa shape index (κ2) is 11.0. The Morgan fingerprint density at radius 3 is 2.09 bits per heavy atom. The van der Waals surface area contributed by atoms with Crippen molar-refractivity contribution in [2.24, 2.45) is 0 Å². The monoisotopic (exact) mass is 541 g/mol. The highest BCUT2D eigenvalue weighted by atomic mass is 79.9. The van der Waals surface area contributed by atoms with Gasteiger partial charge in [-0.3, -0.25) is 4.98 Å². The van der Waals surface area contributed by atoms with Crippen molar-refractivity contribution in [2.75, 3.05) is 0 Å². The Morgan fingerprint density at radius 1 is 0.800 bits per heavy atom. The van der Waals surface area contributed by atoms with Crippen LogP contribution in [0.5, 0.6) is 0 Å². The van der Waals surface area contributed by atoms with Crippen molar-refractivity contribution in [3.05, 3.63) is 138 Å². The number of allylic oxidation sites excluding steroid dienone is 5. The Balaban J connectivity index is 0.00000289. The molecular formula is C30H27BrN2OP+. The van der Waals surface area contributed by atoms with Crippen LogP contribution in [0.3, 0.4) is 0 Å². The summed E-state index contributed by atoms with van der Waals surface area (Å²) in [7, 11) is 0. The van der Waals surface area contributed by atoms with Crippen molar-refractivity contribution >= 4 is 38.1 Å². The molecule has 2 N–H and O–H groups in total. The second-order valence-corrected chi connectivity index (χ2v) is 14.5. The third-order valence-corrected chi connectivity index (χ3v) is 13.1. The van der Waals surface area contributed by atoms with E-state index < -0.39 is 5.96 Å². The zero-order chi connectivity index (χ0) is 23.4. The predicted octanol–water partition coefficient (Wildman–Crippen LogP) is 6.48. The van der Waals surface area contributed by atoms with Crippen LogP contribution in [0.15, 0.2) is 127 Å². The van der Waals surface area contributed by atoms with Crippen LogP contribution in [0.4, 0.5) is 0 Å². The van der Waals surface area contributed by atoms with Crippen LogP contribution in [0.2, 0.25) is 0 Å². The Bertz CT molecular complexity index is 1330. The maximum absolute atomic E-state index is 5.00. The number of pyridine rings is 2. The van der Waals surface area contributed by atoms with Crippen LogP contribution < -0.4 is 10.6 Å². The van der Waals surface area contributed by atoms with E-state index >= 15 is 0 Å². The molecule has 174 valence electrons. The third kappa shape index (κ3) is 5.11. The first kappa shape index (κ1) is 24.9. The molecular weight excluding hydrogens is 515 g/mol. The summed E-state index contributed by atoms with van der Waals surface area (Å²) < 4.78 is 0. The van der Waals surface area contributed by atoms with Gasteiger partial charge in [-0.1, -0.05) is 66.8 Å². The number of rotatable bonds is 5. The average molecular weight is 542 g/mol. The predicted molar refractivity (Wildman–Crippen MR) is 154 cm³/mol. The Morgan fingerprint density at radius 2 is 1.46 bits per heavy atom. The Labute approximate surface area is 215 Å². The quantitative estimate of drug-likeness (QED) is 0.271. The lowest BCUT2D eigenvalue weighted by atomic mass is 10.0. The van der Waals surface area contributed by atoms with Crippen LogP contribution >= 0.6 is 21.5 Å². The zero-order valence-electron chi connectivity index (χ0n) is 19.4. The van der Waals surface area contributed by atoms with Gasteiger partial charge in [-0.2, -0.15) is 0 Å². The number of hydrogen-bond donors (Lipinski definition) is 0. The van der Waals surface area contributed by atoms with E-state index in [1.165, 1.54) is 16.2 Å². The van der Waals surface area contributed by atoms with Crippen LogP contribution in [0, 0.1) is 6.92 Å². The molecule has 0 bridgehead atoms. The number of aryl methyl sites for hydroxylation is 1. The van der Waals surface area contributed by atoms with Gasteiger partial charge in [0, 0.05) is 6.20 Å². The van der Waals surface area contributed by atoms with E-state index in [9.17, 15) is 0 Å². The fourth-order valence-corrected chi connectivity index (χ4v) is 9.92. The molecule has 5 heteroatoms. The lowest BCUT2D eigenvalue weighted by Crippen LogP contribution is -2.28. The molecule has 4 aromatic rings. The molecule has 1 atom stereocenters. The van der Waals surface area contributed by atoms with Gasteiger partial charge in [0.25, 0.3) is 0 Å². The molecule has 2 heterocycles. The van der Waals surface area contributed by atoms with Gasteiger partial charge in [-0.15, -0.1) is 0 Å². The third-order valence-electron chi connectivity index (χ3n) is 6.02. The lowest BCUT2D eigenvalue weighted by Gasteiger charge is -2.29. The van der Waals surface area contributed by atoms with Gasteiger partial charge in [0.2, 0.25) is 0 Å². The van der Waals surface area contributed by atoms with E-state index in [1.807, 2.05) is 24.4 Å².